The molecule has 0 atom stereocenters. The van der Waals surface area contributed by atoms with Crippen LogP contribution in [0.4, 0.5) is 5.82 Å². The summed E-state index contributed by atoms with van der Waals surface area (Å²) < 4.78 is 11.1. The largest absolute Gasteiger partial charge is 0.477 e. The second-order valence-corrected chi connectivity index (χ2v) is 5.01. The summed E-state index contributed by atoms with van der Waals surface area (Å²) in [5.74, 6) is 2.58. The van der Waals surface area contributed by atoms with Gasteiger partial charge in [-0.3, -0.25) is 0 Å². The van der Waals surface area contributed by atoms with E-state index in [2.05, 4.69) is 9.97 Å². The molecule has 1 aromatic heterocycles. The average Bonchev–Trinajstić information content (AvgIpc) is 2.37. The van der Waals surface area contributed by atoms with Crippen LogP contribution in [-0.2, 0) is 4.74 Å². The zero-order chi connectivity index (χ0) is 13.0. The van der Waals surface area contributed by atoms with Crippen LogP contribution < -0.4 is 10.5 Å². The fourth-order valence-electron chi connectivity index (χ4n) is 1.91. The summed E-state index contributed by atoms with van der Waals surface area (Å²) in [6, 6.07) is 1.69. The van der Waals surface area contributed by atoms with Crippen LogP contribution in [0.5, 0.6) is 5.88 Å². The molecule has 2 N–H and O–H groups in total. The van der Waals surface area contributed by atoms with Gasteiger partial charge in [-0.2, -0.15) is 4.98 Å². The second kappa shape index (κ2) is 6.00. The fourth-order valence-corrected chi connectivity index (χ4v) is 1.91. The van der Waals surface area contributed by atoms with Crippen molar-refractivity contribution in [1.82, 2.24) is 9.97 Å². The van der Waals surface area contributed by atoms with Crippen LogP contribution in [-0.4, -0.2) is 29.8 Å². The minimum absolute atomic E-state index is 0.249. The lowest BCUT2D eigenvalue weighted by Gasteiger charge is -2.21. The van der Waals surface area contributed by atoms with Crippen molar-refractivity contribution in [3.63, 3.8) is 0 Å². The molecule has 1 saturated heterocycles. The molecule has 100 valence electrons. The fraction of sp³-hybridized carbons (Fsp3) is 0.692. The molecule has 0 unspecified atom stereocenters. The summed E-state index contributed by atoms with van der Waals surface area (Å²) in [4.78, 5) is 8.57. The lowest BCUT2D eigenvalue weighted by Crippen LogP contribution is -2.21. The SMILES string of the molecule is CC(C)c1nc(N)cc(OCC2CCOCC2)n1. The predicted octanol–water partition coefficient (Wildman–Crippen LogP) is 1.99. The van der Waals surface area contributed by atoms with Gasteiger partial charge in [0.15, 0.2) is 0 Å². The van der Waals surface area contributed by atoms with Gasteiger partial charge in [-0.25, -0.2) is 4.98 Å². The summed E-state index contributed by atoms with van der Waals surface area (Å²) in [6.07, 6.45) is 2.11. The number of hydrogen-bond acceptors (Lipinski definition) is 5. The maximum atomic E-state index is 5.75. The van der Waals surface area contributed by atoms with Crippen LogP contribution >= 0.6 is 0 Å². The minimum Gasteiger partial charge on any atom is -0.477 e. The molecule has 2 heterocycles. The second-order valence-electron chi connectivity index (χ2n) is 5.01. The van der Waals surface area contributed by atoms with E-state index in [4.69, 9.17) is 15.2 Å². The van der Waals surface area contributed by atoms with Crippen molar-refractivity contribution in [1.29, 1.82) is 0 Å². The third-order valence-corrected chi connectivity index (χ3v) is 3.06. The van der Waals surface area contributed by atoms with Gasteiger partial charge in [0.05, 0.1) is 6.61 Å². The first-order chi connectivity index (χ1) is 8.65. The van der Waals surface area contributed by atoms with E-state index in [1.54, 1.807) is 6.07 Å². The van der Waals surface area contributed by atoms with E-state index < -0.39 is 0 Å². The Balaban J connectivity index is 1.95. The standard InChI is InChI=1S/C13H21N3O2/c1-9(2)13-15-11(14)7-12(16-13)18-8-10-3-5-17-6-4-10/h7,9-10H,3-6,8H2,1-2H3,(H2,14,15,16). The van der Waals surface area contributed by atoms with Gasteiger partial charge in [0.2, 0.25) is 5.88 Å². The molecule has 1 aliphatic rings. The number of nitrogens with two attached hydrogens (primary N) is 1. The topological polar surface area (TPSA) is 70.3 Å². The Morgan fingerprint density at radius 2 is 2.11 bits per heavy atom. The molecule has 5 heteroatoms. The van der Waals surface area contributed by atoms with E-state index in [0.29, 0.717) is 24.2 Å². The van der Waals surface area contributed by atoms with Crippen LogP contribution in [0.15, 0.2) is 6.07 Å². The third-order valence-electron chi connectivity index (χ3n) is 3.06. The molecule has 0 spiro atoms. The molecule has 1 aromatic rings. The first kappa shape index (κ1) is 13.1. The summed E-state index contributed by atoms with van der Waals surface area (Å²) in [6.45, 7) is 6.42. The van der Waals surface area contributed by atoms with Gasteiger partial charge < -0.3 is 15.2 Å². The number of nitrogens with zero attached hydrogens (tertiary/aromatic N) is 2. The lowest BCUT2D eigenvalue weighted by molar-refractivity contribution is 0.0490. The number of rotatable bonds is 4. The van der Waals surface area contributed by atoms with E-state index in [1.807, 2.05) is 13.8 Å². The third kappa shape index (κ3) is 3.57. The molecule has 2 rings (SSSR count). The van der Waals surface area contributed by atoms with Gasteiger partial charge in [0.25, 0.3) is 0 Å². The van der Waals surface area contributed by atoms with Gasteiger partial charge in [-0.1, -0.05) is 13.8 Å². The van der Waals surface area contributed by atoms with Gasteiger partial charge in [0.1, 0.15) is 11.6 Å². The van der Waals surface area contributed by atoms with Crippen molar-refractivity contribution in [3.8, 4) is 5.88 Å². The van der Waals surface area contributed by atoms with Crippen LogP contribution in [0.25, 0.3) is 0 Å². The van der Waals surface area contributed by atoms with Crippen molar-refractivity contribution in [2.24, 2.45) is 5.92 Å². The maximum Gasteiger partial charge on any atom is 0.218 e. The van der Waals surface area contributed by atoms with Crippen molar-refractivity contribution in [2.75, 3.05) is 25.6 Å². The minimum atomic E-state index is 0.249. The zero-order valence-electron chi connectivity index (χ0n) is 11.1. The maximum absolute atomic E-state index is 5.75. The number of hydrogen-bond donors (Lipinski definition) is 1. The lowest BCUT2D eigenvalue weighted by atomic mass is 10.0. The van der Waals surface area contributed by atoms with E-state index in [9.17, 15) is 0 Å². The quantitative estimate of drug-likeness (QED) is 0.886. The molecule has 0 bridgehead atoms. The molecule has 0 saturated carbocycles. The molecular formula is C13H21N3O2. The van der Waals surface area contributed by atoms with Crippen LogP contribution in [0, 0.1) is 5.92 Å². The molecule has 0 amide bonds. The summed E-state index contributed by atoms with van der Waals surface area (Å²) in [5, 5.41) is 0. The Labute approximate surface area is 108 Å². The van der Waals surface area contributed by atoms with Crippen LogP contribution in [0.1, 0.15) is 38.4 Å². The highest BCUT2D eigenvalue weighted by molar-refractivity contribution is 5.33. The Morgan fingerprint density at radius 1 is 1.39 bits per heavy atom. The number of ether oxygens (including phenoxy) is 2. The summed E-state index contributed by atoms with van der Waals surface area (Å²) in [5.41, 5.74) is 5.75. The normalized spacial score (nSPS) is 17.1. The van der Waals surface area contributed by atoms with Gasteiger partial charge in [-0.15, -0.1) is 0 Å². The van der Waals surface area contributed by atoms with Crippen molar-refractivity contribution in [3.05, 3.63) is 11.9 Å². The van der Waals surface area contributed by atoms with Gasteiger partial charge >= 0.3 is 0 Å². The van der Waals surface area contributed by atoms with E-state index in [1.165, 1.54) is 0 Å². The molecule has 0 aromatic carbocycles. The first-order valence-corrected chi connectivity index (χ1v) is 6.50. The molecule has 1 aliphatic heterocycles. The number of aromatic nitrogens is 2. The van der Waals surface area contributed by atoms with Crippen LogP contribution in [0.3, 0.4) is 0 Å². The van der Waals surface area contributed by atoms with E-state index in [0.717, 1.165) is 31.9 Å². The van der Waals surface area contributed by atoms with Crippen molar-refractivity contribution < 1.29 is 9.47 Å². The zero-order valence-corrected chi connectivity index (χ0v) is 11.1. The van der Waals surface area contributed by atoms with Gasteiger partial charge in [0, 0.05) is 25.2 Å². The molecule has 5 nitrogen and oxygen atoms in total. The highest BCUT2D eigenvalue weighted by atomic mass is 16.5. The number of nitrogen functional groups attached to an aromatic ring is 1. The molecular weight excluding hydrogens is 230 g/mol. The van der Waals surface area contributed by atoms with Crippen molar-refractivity contribution >= 4 is 5.82 Å². The first-order valence-electron chi connectivity index (χ1n) is 6.50. The highest BCUT2D eigenvalue weighted by Gasteiger charge is 2.15. The number of anilines is 1. The Kier molecular flexibility index (Phi) is 4.36. The van der Waals surface area contributed by atoms with Crippen molar-refractivity contribution in [2.45, 2.75) is 32.6 Å². The predicted molar refractivity (Wildman–Crippen MR) is 69.6 cm³/mol. The Morgan fingerprint density at radius 3 is 2.78 bits per heavy atom. The Bertz CT molecular complexity index is 390. The highest BCUT2D eigenvalue weighted by Crippen LogP contribution is 2.19. The molecule has 0 radical (unpaired) electrons. The van der Waals surface area contributed by atoms with E-state index >= 15 is 0 Å². The van der Waals surface area contributed by atoms with Gasteiger partial charge in [-0.05, 0) is 18.8 Å². The average molecular weight is 251 g/mol. The smallest absolute Gasteiger partial charge is 0.218 e. The van der Waals surface area contributed by atoms with Crippen LogP contribution in [0.2, 0.25) is 0 Å². The Hall–Kier alpha value is -1.36. The van der Waals surface area contributed by atoms with E-state index in [-0.39, 0.29) is 5.92 Å². The summed E-state index contributed by atoms with van der Waals surface area (Å²) in [7, 11) is 0. The molecule has 18 heavy (non-hydrogen) atoms. The summed E-state index contributed by atoms with van der Waals surface area (Å²) >= 11 is 0. The molecule has 0 aliphatic carbocycles. The molecule has 1 fully saturated rings. The monoisotopic (exact) mass is 251 g/mol.